The maximum absolute atomic E-state index is 13.0. The highest BCUT2D eigenvalue weighted by molar-refractivity contribution is 6.16. The van der Waals surface area contributed by atoms with Crippen molar-refractivity contribution < 1.29 is 19.5 Å². The molecule has 156 valence electrons. The van der Waals surface area contributed by atoms with E-state index < -0.39 is 17.7 Å². The summed E-state index contributed by atoms with van der Waals surface area (Å²) in [6.07, 6.45) is 2.92. The Bertz CT molecular complexity index is 1260. The van der Waals surface area contributed by atoms with E-state index in [4.69, 9.17) is 0 Å². The number of benzene rings is 2. The normalized spacial score (nSPS) is 19.2. The second kappa shape index (κ2) is 7.09. The standard InChI is InChI=1S/C23H20N4O4/c1-13(28)20-21(14-4-6-15(7-5-14)26-10-2-3-19(26)29)27(23(31)22(20)30)16-8-9-17-18(11-16)25-12-24-17/h4-9,11-12,21,30H,2-3,10H2,1H3,(H,24,25). The Morgan fingerprint density at radius 2 is 1.87 bits per heavy atom. The number of aliphatic hydroxyl groups excluding tert-OH is 1. The predicted molar refractivity (Wildman–Crippen MR) is 115 cm³/mol. The summed E-state index contributed by atoms with van der Waals surface area (Å²) in [6, 6.07) is 11.7. The van der Waals surface area contributed by atoms with Crippen molar-refractivity contribution in [2.45, 2.75) is 25.8 Å². The van der Waals surface area contributed by atoms with Crippen LogP contribution in [-0.2, 0) is 14.4 Å². The van der Waals surface area contributed by atoms with E-state index in [1.165, 1.54) is 11.8 Å². The lowest BCUT2D eigenvalue weighted by Gasteiger charge is -2.27. The molecule has 8 nitrogen and oxygen atoms in total. The largest absolute Gasteiger partial charge is 0.503 e. The summed E-state index contributed by atoms with van der Waals surface area (Å²) < 4.78 is 0. The third-order valence-electron chi connectivity index (χ3n) is 5.86. The fourth-order valence-corrected chi connectivity index (χ4v) is 4.37. The average molecular weight is 416 g/mol. The smallest absolute Gasteiger partial charge is 0.294 e. The van der Waals surface area contributed by atoms with Crippen molar-refractivity contribution in [1.29, 1.82) is 0 Å². The third-order valence-corrected chi connectivity index (χ3v) is 5.86. The minimum atomic E-state index is -0.773. The molecular formula is C23H20N4O4. The second-order valence-corrected chi connectivity index (χ2v) is 7.74. The molecule has 2 aliphatic rings. The van der Waals surface area contributed by atoms with Crippen LogP contribution in [0.1, 0.15) is 31.4 Å². The van der Waals surface area contributed by atoms with Gasteiger partial charge in [0.05, 0.1) is 29.0 Å². The van der Waals surface area contributed by atoms with E-state index in [9.17, 15) is 19.5 Å². The number of Topliss-reactive ketones (excluding diaryl/α,β-unsaturated/α-hetero) is 1. The average Bonchev–Trinajstić information content (AvgIpc) is 3.46. The molecule has 5 rings (SSSR count). The summed E-state index contributed by atoms with van der Waals surface area (Å²) in [5.74, 6) is -1.47. The first-order valence-electron chi connectivity index (χ1n) is 10.1. The van der Waals surface area contributed by atoms with E-state index in [1.54, 1.807) is 41.6 Å². The molecule has 31 heavy (non-hydrogen) atoms. The molecule has 1 unspecified atom stereocenters. The van der Waals surface area contributed by atoms with Gasteiger partial charge in [-0.15, -0.1) is 0 Å². The van der Waals surface area contributed by atoms with E-state index in [1.807, 2.05) is 12.1 Å². The van der Waals surface area contributed by atoms with E-state index >= 15 is 0 Å². The Labute approximate surface area is 177 Å². The van der Waals surface area contributed by atoms with Gasteiger partial charge in [0.15, 0.2) is 11.5 Å². The molecule has 1 aromatic heterocycles. The zero-order valence-electron chi connectivity index (χ0n) is 16.8. The van der Waals surface area contributed by atoms with Gasteiger partial charge in [0, 0.05) is 24.3 Å². The number of aromatic nitrogens is 2. The van der Waals surface area contributed by atoms with Crippen LogP contribution in [0.3, 0.4) is 0 Å². The highest BCUT2D eigenvalue weighted by atomic mass is 16.3. The van der Waals surface area contributed by atoms with Crippen LogP contribution in [0.5, 0.6) is 0 Å². The zero-order valence-corrected chi connectivity index (χ0v) is 16.8. The predicted octanol–water partition coefficient (Wildman–Crippen LogP) is 3.18. The summed E-state index contributed by atoms with van der Waals surface area (Å²) in [7, 11) is 0. The van der Waals surface area contributed by atoms with E-state index in [0.29, 0.717) is 29.7 Å². The third kappa shape index (κ3) is 2.99. The van der Waals surface area contributed by atoms with Crippen molar-refractivity contribution in [1.82, 2.24) is 9.97 Å². The molecule has 1 fully saturated rings. The molecule has 2 aliphatic heterocycles. The monoisotopic (exact) mass is 416 g/mol. The first-order chi connectivity index (χ1) is 15.0. The molecule has 8 heteroatoms. The lowest BCUT2D eigenvalue weighted by atomic mass is 9.96. The topological polar surface area (TPSA) is 107 Å². The van der Waals surface area contributed by atoms with Gasteiger partial charge in [0.25, 0.3) is 5.91 Å². The molecule has 0 aliphatic carbocycles. The number of anilines is 2. The Morgan fingerprint density at radius 3 is 2.55 bits per heavy atom. The van der Waals surface area contributed by atoms with Crippen molar-refractivity contribution in [3.63, 3.8) is 0 Å². The Morgan fingerprint density at radius 1 is 1.13 bits per heavy atom. The summed E-state index contributed by atoms with van der Waals surface area (Å²) in [5, 5.41) is 10.5. The molecule has 0 saturated carbocycles. The van der Waals surface area contributed by atoms with Gasteiger partial charge in [-0.2, -0.15) is 0 Å². The molecule has 0 spiro atoms. The molecular weight excluding hydrogens is 396 g/mol. The number of rotatable bonds is 4. The number of aliphatic hydroxyl groups is 1. The van der Waals surface area contributed by atoms with Gasteiger partial charge >= 0.3 is 0 Å². The summed E-state index contributed by atoms with van der Waals surface area (Å²) >= 11 is 0. The number of nitrogens with zero attached hydrogens (tertiary/aromatic N) is 3. The molecule has 2 amide bonds. The molecule has 3 aromatic rings. The van der Waals surface area contributed by atoms with Crippen molar-refractivity contribution in [2.24, 2.45) is 0 Å². The molecule has 1 atom stereocenters. The van der Waals surface area contributed by atoms with Gasteiger partial charge in [-0.25, -0.2) is 4.98 Å². The van der Waals surface area contributed by atoms with Crippen molar-refractivity contribution in [3.05, 3.63) is 65.7 Å². The Balaban J connectivity index is 1.58. The fourth-order valence-electron chi connectivity index (χ4n) is 4.37. The highest BCUT2D eigenvalue weighted by Crippen LogP contribution is 2.41. The second-order valence-electron chi connectivity index (χ2n) is 7.74. The molecule has 0 bridgehead atoms. The molecule has 1 saturated heterocycles. The fraction of sp³-hybridized carbons (Fsp3) is 0.217. The maximum Gasteiger partial charge on any atom is 0.294 e. The van der Waals surface area contributed by atoms with Gasteiger partial charge in [-0.3, -0.25) is 19.3 Å². The molecule has 3 heterocycles. The number of ketones is 1. The van der Waals surface area contributed by atoms with Crippen LogP contribution < -0.4 is 9.80 Å². The highest BCUT2D eigenvalue weighted by Gasteiger charge is 2.43. The maximum atomic E-state index is 13.0. The molecule has 0 radical (unpaired) electrons. The van der Waals surface area contributed by atoms with Gasteiger partial charge < -0.3 is 15.0 Å². The van der Waals surface area contributed by atoms with Crippen molar-refractivity contribution in [3.8, 4) is 0 Å². The van der Waals surface area contributed by atoms with Crippen LogP contribution in [0.15, 0.2) is 60.1 Å². The van der Waals surface area contributed by atoms with Gasteiger partial charge in [-0.05, 0) is 49.2 Å². The van der Waals surface area contributed by atoms with Crippen LogP contribution in [0, 0.1) is 0 Å². The summed E-state index contributed by atoms with van der Waals surface area (Å²) in [6.45, 7) is 2.01. The van der Waals surface area contributed by atoms with Gasteiger partial charge in [-0.1, -0.05) is 12.1 Å². The number of hydrogen-bond donors (Lipinski definition) is 2. The van der Waals surface area contributed by atoms with Crippen LogP contribution in [0.4, 0.5) is 11.4 Å². The van der Waals surface area contributed by atoms with E-state index in [0.717, 1.165) is 17.6 Å². The van der Waals surface area contributed by atoms with Crippen molar-refractivity contribution >= 4 is 40.0 Å². The minimum Gasteiger partial charge on any atom is -0.503 e. The van der Waals surface area contributed by atoms with E-state index in [2.05, 4.69) is 9.97 Å². The summed E-state index contributed by atoms with van der Waals surface area (Å²) in [5.41, 5.74) is 3.50. The minimum absolute atomic E-state index is 0.0529. The quantitative estimate of drug-likeness (QED) is 0.679. The van der Waals surface area contributed by atoms with Crippen LogP contribution in [0.25, 0.3) is 11.0 Å². The lowest BCUT2D eigenvalue weighted by molar-refractivity contribution is -0.117. The first kappa shape index (κ1) is 19.0. The first-order valence-corrected chi connectivity index (χ1v) is 10.1. The number of carbonyl (C=O) groups excluding carboxylic acids is 3. The van der Waals surface area contributed by atoms with Crippen LogP contribution in [0.2, 0.25) is 0 Å². The number of amides is 2. The number of carbonyl (C=O) groups is 3. The van der Waals surface area contributed by atoms with Crippen LogP contribution in [-0.4, -0.2) is 39.2 Å². The number of hydrogen-bond acceptors (Lipinski definition) is 5. The number of H-pyrrole nitrogens is 1. The lowest BCUT2D eigenvalue weighted by Crippen LogP contribution is -2.31. The number of fused-ring (bicyclic) bond motifs is 1. The van der Waals surface area contributed by atoms with E-state index in [-0.39, 0.29) is 17.3 Å². The molecule has 2 N–H and O–H groups in total. The van der Waals surface area contributed by atoms with Gasteiger partial charge in [0.2, 0.25) is 5.91 Å². The molecule has 2 aromatic carbocycles. The summed E-state index contributed by atoms with van der Waals surface area (Å²) in [4.78, 5) is 47.8. The SMILES string of the molecule is CC(=O)C1=C(O)C(=O)N(c2ccc3[nH]cnc3c2)C1c1ccc(N2CCCC2=O)cc1. The number of imidazole rings is 1. The Hall–Kier alpha value is -3.94. The van der Waals surface area contributed by atoms with Crippen molar-refractivity contribution in [2.75, 3.05) is 16.3 Å². The Kier molecular flexibility index (Phi) is 4.35. The number of nitrogens with one attached hydrogen (secondary N) is 1. The van der Waals surface area contributed by atoms with Crippen LogP contribution >= 0.6 is 0 Å². The van der Waals surface area contributed by atoms with Gasteiger partial charge in [0.1, 0.15) is 0 Å². The zero-order chi connectivity index (χ0) is 21.7. The number of aromatic amines is 1.